The molecule has 3 aromatic rings. The Bertz CT molecular complexity index is 1520. The maximum absolute atomic E-state index is 13.5. The summed E-state index contributed by atoms with van der Waals surface area (Å²) in [5, 5.41) is 0. The second-order valence-electron chi connectivity index (χ2n) is 10.0. The molecule has 40 heavy (non-hydrogen) atoms. The molecule has 0 bridgehead atoms. The van der Waals surface area contributed by atoms with Gasteiger partial charge in [0.15, 0.2) is 11.6 Å². The lowest BCUT2D eigenvalue weighted by Crippen LogP contribution is -2.29. The Balaban J connectivity index is 1.82. The van der Waals surface area contributed by atoms with Crippen molar-refractivity contribution < 1.29 is 28.7 Å². The molecule has 0 saturated heterocycles. The third-order valence-electron chi connectivity index (χ3n) is 7.15. The maximum Gasteiger partial charge on any atom is 0.337 e. The number of Topliss-reactive ketones (excluding diaryl/α,β-unsaturated/α-hetero) is 2. The highest BCUT2D eigenvalue weighted by atomic mass is 16.5. The van der Waals surface area contributed by atoms with E-state index in [9.17, 15) is 24.0 Å². The van der Waals surface area contributed by atoms with Crippen molar-refractivity contribution in [2.24, 2.45) is 0 Å². The molecule has 206 valence electrons. The number of amides is 2. The molecular formula is C33H33NO6. The van der Waals surface area contributed by atoms with Crippen LogP contribution >= 0.6 is 0 Å². The number of benzene rings is 3. The van der Waals surface area contributed by atoms with Crippen LogP contribution in [0.25, 0.3) is 11.1 Å². The highest BCUT2D eigenvalue weighted by Gasteiger charge is 2.38. The largest absolute Gasteiger partial charge is 0.465 e. The van der Waals surface area contributed by atoms with Gasteiger partial charge in [-0.2, -0.15) is 0 Å². The number of esters is 1. The van der Waals surface area contributed by atoms with Crippen LogP contribution in [-0.2, 0) is 4.74 Å². The Morgan fingerprint density at radius 1 is 0.700 bits per heavy atom. The van der Waals surface area contributed by atoms with Crippen LogP contribution in [0.3, 0.4) is 0 Å². The summed E-state index contributed by atoms with van der Waals surface area (Å²) in [7, 11) is 1.24. The van der Waals surface area contributed by atoms with E-state index in [2.05, 4.69) is 0 Å². The van der Waals surface area contributed by atoms with Gasteiger partial charge >= 0.3 is 5.97 Å². The van der Waals surface area contributed by atoms with Gasteiger partial charge in [0, 0.05) is 24.0 Å². The summed E-state index contributed by atoms with van der Waals surface area (Å²) in [5.74, 6) is -1.86. The average molecular weight is 540 g/mol. The quantitative estimate of drug-likeness (QED) is 0.148. The molecular weight excluding hydrogens is 506 g/mol. The first-order chi connectivity index (χ1) is 19.2. The van der Waals surface area contributed by atoms with Gasteiger partial charge in [-0.1, -0.05) is 50.5 Å². The fraction of sp³-hybridized carbons (Fsp3) is 0.303. The van der Waals surface area contributed by atoms with Crippen molar-refractivity contribution in [2.75, 3.05) is 12.0 Å². The number of hydrogen-bond acceptors (Lipinski definition) is 6. The molecule has 7 nitrogen and oxygen atoms in total. The van der Waals surface area contributed by atoms with Crippen LogP contribution in [0.15, 0.2) is 54.6 Å². The minimum absolute atomic E-state index is 0.0124. The minimum Gasteiger partial charge on any atom is -0.465 e. The summed E-state index contributed by atoms with van der Waals surface area (Å²) >= 11 is 0. The number of methoxy groups -OCH3 is 1. The molecule has 0 fully saturated rings. The van der Waals surface area contributed by atoms with Gasteiger partial charge in [-0.05, 0) is 67.3 Å². The SMILES string of the molecule is CCCCC(=O)c1cc(C)ccc1-c1ccc(N2C(=O)c3ccc(C(=O)OC)cc3C2=O)cc1C(=O)CCCC. The molecule has 0 unspecified atom stereocenters. The molecule has 0 saturated carbocycles. The number of carbonyl (C=O) groups is 5. The third kappa shape index (κ3) is 5.50. The first kappa shape index (κ1) is 28.6. The summed E-state index contributed by atoms with van der Waals surface area (Å²) < 4.78 is 4.74. The van der Waals surface area contributed by atoms with Crippen molar-refractivity contribution in [2.45, 2.75) is 59.3 Å². The third-order valence-corrected chi connectivity index (χ3v) is 7.15. The lowest BCUT2D eigenvalue weighted by Gasteiger charge is -2.19. The zero-order chi connectivity index (χ0) is 29.0. The van der Waals surface area contributed by atoms with E-state index >= 15 is 0 Å². The van der Waals surface area contributed by atoms with E-state index in [-0.39, 0.29) is 33.9 Å². The van der Waals surface area contributed by atoms with E-state index in [0.29, 0.717) is 41.5 Å². The number of ether oxygens (including phenoxy) is 1. The molecule has 0 aliphatic carbocycles. The number of nitrogens with zero attached hydrogens (tertiary/aromatic N) is 1. The molecule has 0 spiro atoms. The van der Waals surface area contributed by atoms with Gasteiger partial charge in [0.05, 0.1) is 29.5 Å². The highest BCUT2D eigenvalue weighted by molar-refractivity contribution is 6.35. The van der Waals surface area contributed by atoms with Crippen LogP contribution in [0.1, 0.15) is 110 Å². The fourth-order valence-electron chi connectivity index (χ4n) is 4.92. The molecule has 0 radical (unpaired) electrons. The Morgan fingerprint density at radius 3 is 1.85 bits per heavy atom. The number of fused-ring (bicyclic) bond motifs is 1. The number of aryl methyl sites for hydroxylation is 1. The normalized spacial score (nSPS) is 12.4. The Labute approximate surface area is 234 Å². The molecule has 0 N–H and O–H groups in total. The second kappa shape index (κ2) is 12.2. The van der Waals surface area contributed by atoms with Crippen molar-refractivity contribution in [3.8, 4) is 11.1 Å². The molecule has 1 aliphatic rings. The number of carbonyl (C=O) groups excluding carboxylic acids is 5. The summed E-state index contributed by atoms with van der Waals surface area (Å²) in [6.45, 7) is 5.95. The molecule has 1 heterocycles. The first-order valence-corrected chi connectivity index (χ1v) is 13.6. The van der Waals surface area contributed by atoms with Gasteiger partial charge in [0.1, 0.15) is 0 Å². The number of hydrogen-bond donors (Lipinski definition) is 0. The van der Waals surface area contributed by atoms with E-state index in [0.717, 1.165) is 29.7 Å². The first-order valence-electron chi connectivity index (χ1n) is 13.6. The van der Waals surface area contributed by atoms with Crippen molar-refractivity contribution in [1.29, 1.82) is 0 Å². The summed E-state index contributed by atoms with van der Waals surface area (Å²) in [6, 6.07) is 14.7. The van der Waals surface area contributed by atoms with Crippen LogP contribution in [0.2, 0.25) is 0 Å². The van der Waals surface area contributed by atoms with E-state index in [1.807, 2.05) is 39.0 Å². The van der Waals surface area contributed by atoms with Crippen molar-refractivity contribution in [3.63, 3.8) is 0 Å². The van der Waals surface area contributed by atoms with E-state index in [1.165, 1.54) is 25.3 Å². The zero-order valence-electron chi connectivity index (χ0n) is 23.3. The van der Waals surface area contributed by atoms with Gasteiger partial charge in [-0.3, -0.25) is 19.2 Å². The smallest absolute Gasteiger partial charge is 0.337 e. The van der Waals surface area contributed by atoms with Gasteiger partial charge < -0.3 is 4.74 Å². The molecule has 7 heteroatoms. The van der Waals surface area contributed by atoms with Gasteiger partial charge in [-0.25, -0.2) is 9.69 Å². The van der Waals surface area contributed by atoms with Crippen molar-refractivity contribution in [1.82, 2.24) is 0 Å². The van der Waals surface area contributed by atoms with Crippen LogP contribution in [0, 0.1) is 6.92 Å². The monoisotopic (exact) mass is 539 g/mol. The van der Waals surface area contributed by atoms with Crippen LogP contribution in [0.5, 0.6) is 0 Å². The summed E-state index contributed by atoms with van der Waals surface area (Å²) in [5.41, 5.74) is 3.78. The van der Waals surface area contributed by atoms with Gasteiger partial charge in [0.25, 0.3) is 11.8 Å². The lowest BCUT2D eigenvalue weighted by molar-refractivity contribution is 0.0600. The van der Waals surface area contributed by atoms with Gasteiger partial charge in [-0.15, -0.1) is 0 Å². The minimum atomic E-state index is -0.614. The number of rotatable bonds is 11. The summed E-state index contributed by atoms with van der Waals surface area (Å²) in [4.78, 5) is 66.4. The molecule has 0 atom stereocenters. The molecule has 1 aliphatic heterocycles. The molecule has 3 aromatic carbocycles. The average Bonchev–Trinajstić information content (AvgIpc) is 3.22. The molecule has 4 rings (SSSR count). The lowest BCUT2D eigenvalue weighted by atomic mass is 9.88. The zero-order valence-corrected chi connectivity index (χ0v) is 23.3. The van der Waals surface area contributed by atoms with E-state index < -0.39 is 17.8 Å². The Hall–Kier alpha value is -4.39. The van der Waals surface area contributed by atoms with Crippen LogP contribution in [-0.4, -0.2) is 36.5 Å². The van der Waals surface area contributed by atoms with Crippen LogP contribution in [0.4, 0.5) is 5.69 Å². The number of anilines is 1. The second-order valence-corrected chi connectivity index (χ2v) is 10.0. The van der Waals surface area contributed by atoms with Crippen LogP contribution < -0.4 is 4.90 Å². The van der Waals surface area contributed by atoms with Crippen molar-refractivity contribution >= 4 is 35.0 Å². The fourth-order valence-corrected chi connectivity index (χ4v) is 4.92. The predicted octanol–water partition coefficient (Wildman–Crippen LogP) is 7.00. The van der Waals surface area contributed by atoms with E-state index in [4.69, 9.17) is 4.74 Å². The standard InChI is InChI=1S/C33H33NO6/c1-5-7-9-29(35)26-17-20(3)11-14-23(26)24-16-13-22(19-27(24)30(36)10-8-6-2)34-31(37)25-15-12-21(33(39)40-4)18-28(25)32(34)38/h11-19H,5-10H2,1-4H3. The Kier molecular flexibility index (Phi) is 8.73. The summed E-state index contributed by atoms with van der Waals surface area (Å²) in [6.07, 6.45) is 3.87. The highest BCUT2D eigenvalue weighted by Crippen LogP contribution is 2.36. The predicted molar refractivity (Wildman–Crippen MR) is 153 cm³/mol. The molecule has 0 aromatic heterocycles. The number of unbranched alkanes of at least 4 members (excludes halogenated alkanes) is 2. The van der Waals surface area contributed by atoms with Crippen molar-refractivity contribution in [3.05, 3.63) is 88.0 Å². The topological polar surface area (TPSA) is 97.8 Å². The van der Waals surface area contributed by atoms with Gasteiger partial charge in [0.2, 0.25) is 0 Å². The van der Waals surface area contributed by atoms with E-state index in [1.54, 1.807) is 18.2 Å². The number of ketones is 2. The molecule has 2 amide bonds. The maximum atomic E-state index is 13.5. The number of imide groups is 1. The Morgan fingerprint density at radius 2 is 1.25 bits per heavy atom.